The Morgan fingerprint density at radius 1 is 1.33 bits per heavy atom. The molecule has 2 heterocycles. The minimum absolute atomic E-state index is 0.0849. The number of carbonyl (C=O) groups is 1. The van der Waals surface area contributed by atoms with Crippen LogP contribution in [0.2, 0.25) is 0 Å². The predicted molar refractivity (Wildman–Crippen MR) is 90.8 cm³/mol. The molecule has 4 rings (SSSR count). The van der Waals surface area contributed by atoms with Crippen molar-refractivity contribution in [2.24, 2.45) is 5.92 Å². The molecule has 3 fully saturated rings. The topological polar surface area (TPSA) is 54.7 Å². The zero-order chi connectivity index (χ0) is 16.6. The van der Waals surface area contributed by atoms with Gasteiger partial charge in [-0.3, -0.25) is 9.69 Å². The normalized spacial score (nSPS) is 30.9. The Morgan fingerprint density at radius 2 is 2.08 bits per heavy atom. The molecule has 0 unspecified atom stereocenters. The summed E-state index contributed by atoms with van der Waals surface area (Å²) in [6.07, 6.45) is 7.49. The van der Waals surface area contributed by atoms with Gasteiger partial charge in [0.15, 0.2) is 0 Å². The second-order valence-electron chi connectivity index (χ2n) is 7.60. The average Bonchev–Trinajstić information content (AvgIpc) is 3.04. The highest BCUT2D eigenvalue weighted by Crippen LogP contribution is 2.48. The zero-order valence-corrected chi connectivity index (χ0v) is 14.5. The third-order valence-corrected chi connectivity index (χ3v) is 6.31. The summed E-state index contributed by atoms with van der Waals surface area (Å²) in [5.74, 6) is 1.51. The lowest BCUT2D eigenvalue weighted by atomic mass is 9.86. The Balaban J connectivity index is 1.40. The van der Waals surface area contributed by atoms with E-state index in [-0.39, 0.29) is 29.3 Å². The quantitative estimate of drug-likeness (QED) is 0.900. The fourth-order valence-corrected chi connectivity index (χ4v) is 4.78. The van der Waals surface area contributed by atoms with Crippen LogP contribution in [0.4, 0.5) is 0 Å². The molecule has 1 saturated heterocycles. The number of ether oxygens (including phenoxy) is 1. The SMILES string of the molecule is C[C@H](NC(=O)[C@@H]1C[C@@H]1c1ccco1)C1(N2CCOCC2)CCCC1. The molecule has 5 heteroatoms. The van der Waals surface area contributed by atoms with Crippen molar-refractivity contribution in [1.82, 2.24) is 10.2 Å². The van der Waals surface area contributed by atoms with Crippen molar-refractivity contribution in [2.45, 2.75) is 56.5 Å². The Kier molecular flexibility index (Phi) is 4.39. The standard InChI is InChI=1S/C19H28N2O3/c1-14(19(6-2-3-7-19)21-8-11-23-12-9-21)20-18(22)16-13-15(16)17-5-4-10-24-17/h4-5,10,14-16H,2-3,6-9,11-13H2,1H3,(H,20,22)/t14-,15-,16+/m0/s1. The molecule has 24 heavy (non-hydrogen) atoms. The molecule has 0 spiro atoms. The van der Waals surface area contributed by atoms with Gasteiger partial charge < -0.3 is 14.5 Å². The van der Waals surface area contributed by atoms with Gasteiger partial charge in [0.05, 0.1) is 19.5 Å². The van der Waals surface area contributed by atoms with Gasteiger partial charge in [0, 0.05) is 36.5 Å². The highest BCUT2D eigenvalue weighted by atomic mass is 16.5. The number of hydrogen-bond acceptors (Lipinski definition) is 4. The van der Waals surface area contributed by atoms with Gasteiger partial charge in [0.2, 0.25) is 5.91 Å². The van der Waals surface area contributed by atoms with E-state index in [1.54, 1.807) is 6.26 Å². The number of carbonyl (C=O) groups excluding carboxylic acids is 1. The number of amides is 1. The highest BCUT2D eigenvalue weighted by Gasteiger charge is 2.49. The van der Waals surface area contributed by atoms with Crippen LogP contribution in [0.25, 0.3) is 0 Å². The van der Waals surface area contributed by atoms with Crippen molar-refractivity contribution in [3.8, 4) is 0 Å². The Hall–Kier alpha value is -1.33. The van der Waals surface area contributed by atoms with E-state index in [1.165, 1.54) is 25.7 Å². The number of morpholine rings is 1. The summed E-state index contributed by atoms with van der Waals surface area (Å²) in [5.41, 5.74) is 0.120. The molecule has 1 aliphatic heterocycles. The third kappa shape index (κ3) is 2.88. The molecule has 2 saturated carbocycles. The third-order valence-electron chi connectivity index (χ3n) is 6.31. The summed E-state index contributed by atoms with van der Waals surface area (Å²) in [6, 6.07) is 4.06. The van der Waals surface area contributed by atoms with E-state index in [4.69, 9.17) is 9.15 Å². The number of nitrogens with zero attached hydrogens (tertiary/aromatic N) is 1. The number of hydrogen-bond donors (Lipinski definition) is 1. The van der Waals surface area contributed by atoms with Crippen molar-refractivity contribution in [3.05, 3.63) is 24.2 Å². The first-order valence-electron chi connectivity index (χ1n) is 9.37. The lowest BCUT2D eigenvalue weighted by Gasteiger charge is -2.47. The van der Waals surface area contributed by atoms with Gasteiger partial charge in [-0.25, -0.2) is 0 Å². The van der Waals surface area contributed by atoms with Gasteiger partial charge in [-0.15, -0.1) is 0 Å². The van der Waals surface area contributed by atoms with Crippen molar-refractivity contribution in [2.75, 3.05) is 26.3 Å². The lowest BCUT2D eigenvalue weighted by molar-refractivity contribution is -0.124. The van der Waals surface area contributed by atoms with Crippen molar-refractivity contribution < 1.29 is 13.9 Å². The minimum Gasteiger partial charge on any atom is -0.469 e. The van der Waals surface area contributed by atoms with Crippen LogP contribution in [0.15, 0.2) is 22.8 Å². The van der Waals surface area contributed by atoms with Gasteiger partial charge in [0.1, 0.15) is 5.76 Å². The second kappa shape index (κ2) is 6.52. The molecular weight excluding hydrogens is 304 g/mol. The van der Waals surface area contributed by atoms with Gasteiger partial charge in [-0.1, -0.05) is 12.8 Å². The van der Waals surface area contributed by atoms with Gasteiger partial charge in [-0.05, 0) is 38.3 Å². The fourth-order valence-electron chi connectivity index (χ4n) is 4.78. The first-order chi connectivity index (χ1) is 11.7. The Morgan fingerprint density at radius 3 is 2.75 bits per heavy atom. The Bertz CT molecular complexity index is 559. The Labute approximate surface area is 143 Å². The van der Waals surface area contributed by atoms with Crippen LogP contribution in [-0.4, -0.2) is 48.7 Å². The molecule has 2 aliphatic carbocycles. The molecule has 1 aromatic rings. The molecule has 1 N–H and O–H groups in total. The van der Waals surface area contributed by atoms with Crippen LogP contribution in [0.1, 0.15) is 50.7 Å². The molecule has 3 atom stereocenters. The lowest BCUT2D eigenvalue weighted by Crippen LogP contribution is -2.62. The van der Waals surface area contributed by atoms with E-state index in [0.717, 1.165) is 38.5 Å². The average molecular weight is 332 g/mol. The molecule has 0 bridgehead atoms. The first kappa shape index (κ1) is 16.2. The molecule has 1 aromatic heterocycles. The highest BCUT2D eigenvalue weighted by molar-refractivity contribution is 5.83. The van der Waals surface area contributed by atoms with E-state index >= 15 is 0 Å². The van der Waals surface area contributed by atoms with Crippen molar-refractivity contribution in [3.63, 3.8) is 0 Å². The van der Waals surface area contributed by atoms with Crippen molar-refractivity contribution in [1.29, 1.82) is 0 Å². The van der Waals surface area contributed by atoms with Crippen molar-refractivity contribution >= 4 is 5.91 Å². The predicted octanol–water partition coefficient (Wildman–Crippen LogP) is 2.53. The maximum atomic E-state index is 12.7. The smallest absolute Gasteiger partial charge is 0.224 e. The molecule has 0 aromatic carbocycles. The summed E-state index contributed by atoms with van der Waals surface area (Å²) in [5, 5.41) is 3.35. The van der Waals surface area contributed by atoms with Gasteiger partial charge in [0.25, 0.3) is 0 Å². The van der Waals surface area contributed by atoms with Crippen LogP contribution < -0.4 is 5.32 Å². The summed E-state index contributed by atoms with van der Waals surface area (Å²) in [6.45, 7) is 5.79. The van der Waals surface area contributed by atoms with Crippen LogP contribution in [0.5, 0.6) is 0 Å². The van der Waals surface area contributed by atoms with E-state index in [9.17, 15) is 4.79 Å². The minimum atomic E-state index is 0.0849. The van der Waals surface area contributed by atoms with E-state index in [1.807, 2.05) is 12.1 Å². The van der Waals surface area contributed by atoms with E-state index in [0.29, 0.717) is 0 Å². The maximum Gasteiger partial charge on any atom is 0.224 e. The maximum absolute atomic E-state index is 12.7. The molecule has 5 nitrogen and oxygen atoms in total. The second-order valence-corrected chi connectivity index (χ2v) is 7.60. The molecule has 0 radical (unpaired) electrons. The summed E-state index contributed by atoms with van der Waals surface area (Å²) in [7, 11) is 0. The molecule has 1 amide bonds. The number of rotatable bonds is 5. The number of nitrogens with one attached hydrogen (secondary N) is 1. The summed E-state index contributed by atoms with van der Waals surface area (Å²) < 4.78 is 11.0. The van der Waals surface area contributed by atoms with Crippen LogP contribution in [0.3, 0.4) is 0 Å². The van der Waals surface area contributed by atoms with Crippen LogP contribution >= 0.6 is 0 Å². The molecule has 132 valence electrons. The van der Waals surface area contributed by atoms with Crippen LogP contribution in [0, 0.1) is 5.92 Å². The fraction of sp³-hybridized carbons (Fsp3) is 0.737. The molecular formula is C19H28N2O3. The van der Waals surface area contributed by atoms with Gasteiger partial charge in [-0.2, -0.15) is 0 Å². The number of furan rings is 1. The van der Waals surface area contributed by atoms with Gasteiger partial charge >= 0.3 is 0 Å². The monoisotopic (exact) mass is 332 g/mol. The zero-order valence-electron chi connectivity index (χ0n) is 14.5. The summed E-state index contributed by atoms with van der Waals surface area (Å²) >= 11 is 0. The van der Waals surface area contributed by atoms with E-state index in [2.05, 4.69) is 17.1 Å². The molecule has 3 aliphatic rings. The summed E-state index contributed by atoms with van der Waals surface area (Å²) in [4.78, 5) is 15.3. The van der Waals surface area contributed by atoms with E-state index < -0.39 is 0 Å². The largest absolute Gasteiger partial charge is 0.469 e. The first-order valence-corrected chi connectivity index (χ1v) is 9.37. The van der Waals surface area contributed by atoms with Crippen LogP contribution in [-0.2, 0) is 9.53 Å².